The molecule has 0 rings (SSSR count). The van der Waals surface area contributed by atoms with Gasteiger partial charge >= 0.3 is 0 Å². The molecule has 0 bridgehead atoms. The molecule has 0 aliphatic heterocycles. The van der Waals surface area contributed by atoms with Crippen LogP contribution in [0.2, 0.25) is 0 Å². The fourth-order valence-electron chi connectivity index (χ4n) is 15.9. The highest BCUT2D eigenvalue weighted by Crippen LogP contribution is 2.34. The van der Waals surface area contributed by atoms with Crippen molar-refractivity contribution in [2.24, 2.45) is 5.92 Å². The lowest BCUT2D eigenvalue weighted by atomic mass is 9.94. The highest BCUT2D eigenvalue weighted by molar-refractivity contribution is 7.99. The van der Waals surface area contributed by atoms with Crippen LogP contribution in [0.15, 0.2) is 0 Å². The zero-order valence-corrected chi connectivity index (χ0v) is 110. The Hall–Kier alpha value is -0.770. The number of nitrogens with zero attached hydrogens (tertiary/aromatic N) is 1. The van der Waals surface area contributed by atoms with Crippen molar-refractivity contribution < 1.29 is 123 Å². The van der Waals surface area contributed by atoms with Crippen LogP contribution in [-0.4, -0.2) is 369 Å². The Balaban J connectivity index is -0.000000584. The third kappa shape index (κ3) is 86.1. The summed E-state index contributed by atoms with van der Waals surface area (Å²) in [4.78, 5) is 2.29. The smallest absolute Gasteiger partial charge is 0.115 e. The van der Waals surface area contributed by atoms with Crippen molar-refractivity contribution in [2.75, 3.05) is 65.5 Å². The van der Waals surface area contributed by atoms with Crippen LogP contribution in [0.4, 0.5) is 0 Å². The summed E-state index contributed by atoms with van der Waals surface area (Å²) in [6.45, 7) is 128. The summed E-state index contributed by atoms with van der Waals surface area (Å²) in [5, 5.41) is 4.02. The summed E-state index contributed by atoms with van der Waals surface area (Å²) in [5.41, 5.74) is 0. The first-order valence-electron chi connectivity index (χ1n) is 58.9. The number of likely N-dealkylation sites (N-methyl/N-ethyl adjacent to an activating group) is 1. The van der Waals surface area contributed by atoms with Crippen LogP contribution in [0.5, 0.6) is 0 Å². The molecule has 0 amide bonds. The Morgan fingerprint density at radius 3 is 0.493 bits per heavy atom. The lowest BCUT2D eigenvalue weighted by molar-refractivity contribution is -0.226. The molecule has 0 aliphatic carbocycles. The lowest BCUT2D eigenvalue weighted by Crippen LogP contribution is -2.56. The lowest BCUT2D eigenvalue weighted by Gasteiger charge is -2.41. The normalized spacial score (nSPS) is 17.0. The second kappa shape index (κ2) is 88.8. The van der Waals surface area contributed by atoms with E-state index in [4.69, 9.17) is 123 Å². The Morgan fingerprint density at radius 2 is 0.327 bits per heavy atom. The average Bonchev–Trinajstić information content (AvgIpc) is 0.823. The van der Waals surface area contributed by atoms with Crippen LogP contribution in [0.3, 0.4) is 0 Å². The highest BCUT2D eigenvalue weighted by atomic mass is 32.2. The van der Waals surface area contributed by atoms with Crippen molar-refractivity contribution in [3.63, 3.8) is 0 Å². The fraction of sp³-hybridized carbons (Fsp3) is 1.00. The van der Waals surface area contributed by atoms with E-state index in [9.17, 15) is 0 Å². The first kappa shape index (κ1) is 158. The molecular formula is C121H254N2O26S. The molecule has 0 spiro atoms. The van der Waals surface area contributed by atoms with Gasteiger partial charge in [-0.1, -0.05) is 41.5 Å². The molecule has 0 radical (unpaired) electrons. The largest absolute Gasteiger partial charge is 0.376 e. The molecule has 20 unspecified atom stereocenters. The van der Waals surface area contributed by atoms with E-state index >= 15 is 0 Å². The van der Waals surface area contributed by atoms with E-state index < -0.39 is 0 Å². The Kier molecular flexibility index (Phi) is 93.3. The van der Waals surface area contributed by atoms with Crippen LogP contribution < -0.4 is 5.32 Å². The van der Waals surface area contributed by atoms with Crippen LogP contribution in [0.25, 0.3) is 0 Å². The quantitative estimate of drug-likeness (QED) is 0.0593. The first-order valence-corrected chi connectivity index (χ1v) is 59.9. The van der Waals surface area contributed by atoms with Crippen molar-refractivity contribution in [2.45, 2.75) is 720 Å². The van der Waals surface area contributed by atoms with Gasteiger partial charge in [-0.3, -0.25) is 0 Å². The zero-order valence-electron chi connectivity index (χ0n) is 109. The maximum Gasteiger partial charge on any atom is 0.115 e. The molecule has 0 aromatic rings. The summed E-state index contributed by atoms with van der Waals surface area (Å²) in [6, 6.07) is 0.744. The molecular weight excluding hydrogens is 1930 g/mol. The van der Waals surface area contributed by atoms with E-state index in [2.05, 4.69) is 197 Å². The molecule has 29 heteroatoms. The topological polar surface area (TPSA) is 255 Å². The van der Waals surface area contributed by atoms with Crippen molar-refractivity contribution in [3.8, 4) is 0 Å². The van der Waals surface area contributed by atoms with Gasteiger partial charge in [-0.25, -0.2) is 0 Å². The molecule has 0 saturated carbocycles. The maximum atomic E-state index is 6.51. The third-order valence-corrected chi connectivity index (χ3v) is 22.2. The van der Waals surface area contributed by atoms with Gasteiger partial charge in [0.15, 0.2) is 0 Å². The van der Waals surface area contributed by atoms with E-state index in [1.165, 1.54) is 0 Å². The molecule has 0 fully saturated rings. The maximum absolute atomic E-state index is 6.51. The van der Waals surface area contributed by atoms with Gasteiger partial charge in [-0.15, -0.1) is 0 Å². The summed E-state index contributed by atoms with van der Waals surface area (Å²) < 4.78 is 164. The fourth-order valence-corrected chi connectivity index (χ4v) is 16.8. The Bertz CT molecular complexity index is 2650. The van der Waals surface area contributed by atoms with E-state index in [1.54, 1.807) is 0 Å². The minimum Gasteiger partial charge on any atom is -0.376 e. The molecule has 28 nitrogen and oxygen atoms in total. The van der Waals surface area contributed by atoms with Crippen molar-refractivity contribution in [3.05, 3.63) is 0 Å². The molecule has 0 saturated heterocycles. The molecule has 0 aromatic carbocycles. The number of hydrogen-bond donors (Lipinski definition) is 1. The van der Waals surface area contributed by atoms with Gasteiger partial charge in [0.2, 0.25) is 0 Å². The van der Waals surface area contributed by atoms with Crippen LogP contribution in [-0.2, 0) is 123 Å². The average molecular weight is 2190 g/mol. The monoisotopic (exact) mass is 2180 g/mol. The van der Waals surface area contributed by atoms with Crippen molar-refractivity contribution in [1.29, 1.82) is 0 Å². The molecule has 0 heterocycles. The van der Waals surface area contributed by atoms with Gasteiger partial charge in [-0.05, 0) is 399 Å². The van der Waals surface area contributed by atoms with Gasteiger partial charge in [0.25, 0.3) is 0 Å². The zero-order chi connectivity index (χ0) is 117. The predicted molar refractivity (Wildman–Crippen MR) is 625 cm³/mol. The minimum atomic E-state index is -0.368. The highest BCUT2D eigenvalue weighted by Gasteiger charge is 2.48. The van der Waals surface area contributed by atoms with Gasteiger partial charge in [0.05, 0.1) is 223 Å². The minimum absolute atomic E-state index is 0.00343. The van der Waals surface area contributed by atoms with Crippen LogP contribution in [0.1, 0.15) is 422 Å². The van der Waals surface area contributed by atoms with E-state index in [-0.39, 0.29) is 281 Å². The van der Waals surface area contributed by atoms with Crippen LogP contribution >= 0.6 is 11.8 Å². The van der Waals surface area contributed by atoms with Gasteiger partial charge in [-0.2, -0.15) is 11.8 Å². The van der Waals surface area contributed by atoms with Gasteiger partial charge in [0.1, 0.15) is 97.7 Å². The van der Waals surface area contributed by atoms with E-state index in [0.29, 0.717) is 69.4 Å². The molecule has 150 heavy (non-hydrogen) atoms. The number of thioether (sulfide) groups is 1. The predicted octanol–water partition coefficient (Wildman–Crippen LogP) is 25.9. The first-order chi connectivity index (χ1) is 69.0. The van der Waals surface area contributed by atoms with Crippen molar-refractivity contribution >= 4 is 11.8 Å². The Morgan fingerprint density at radius 1 is 0.173 bits per heavy atom. The second-order valence-electron chi connectivity index (χ2n) is 48.6. The number of hydrogen-bond acceptors (Lipinski definition) is 29. The van der Waals surface area contributed by atoms with E-state index in [1.807, 2.05) is 247 Å². The third-order valence-electron chi connectivity index (χ3n) is 21.0. The summed E-state index contributed by atoms with van der Waals surface area (Å²) in [7, 11) is 2.12. The molecule has 910 valence electrons. The summed E-state index contributed by atoms with van der Waals surface area (Å²) in [6.07, 6.45) is -2.89. The number of ether oxygens (including phenoxy) is 26. The van der Waals surface area contributed by atoms with Gasteiger partial charge in [0, 0.05) is 30.9 Å². The van der Waals surface area contributed by atoms with Crippen LogP contribution in [0, 0.1) is 5.92 Å². The number of rotatable bonds is 84. The number of nitrogens with one attached hydrogen (secondary N) is 1. The summed E-state index contributed by atoms with van der Waals surface area (Å²) >= 11 is 1.88. The van der Waals surface area contributed by atoms with E-state index in [0.717, 1.165) is 18.7 Å². The molecule has 20 atom stereocenters. The van der Waals surface area contributed by atoms with Gasteiger partial charge < -0.3 is 133 Å². The molecule has 1 N–H and O–H groups in total. The van der Waals surface area contributed by atoms with Crippen molar-refractivity contribution in [1.82, 2.24) is 10.2 Å². The Labute approximate surface area is 931 Å². The standard InChI is InChI=1S/C25H53NO5.C24H51NO5.C24H50O6.C24H50O5S.C24H50O5/c1-16(2)26(13)14-22(28-18(5)6)24(30-20(9)10)25(31-21(11)12)23(29-19(7)8)15-27-17(3)4;2*1-15(2)25-13-21(27-17(5)6)23(29-19(9)10)24(30-20(11)12)22(28-18(7)8)14-26-16(3)4;1-15(2)25-13-21(26-16(3)4)23(28-18(7)8)24(29-19(9)10)22(27-17(5)6)14-30-20(11)12;1-15(2)13-21(26-17(5)6)23(28-19(9)10)24(29-20(11)12)22(27-18(7)8)14-25-16(3)4/h16-25H,14-15H2,1-13H3;15-25H,13-14H2,1-12H3;2*15-24H,13-14H2,1-12H3;15-24H,13-14H2,1-12H3. The second-order valence-corrected chi connectivity index (χ2v) is 50.2. The molecule has 0 aromatic heterocycles. The molecule has 0 aliphatic rings. The summed E-state index contributed by atoms with van der Waals surface area (Å²) in [5.74, 6) is 1.32. The SMILES string of the molecule is CC(C)CC(OC(C)C)C(OC(C)C)C(OC(C)C)C(COC(C)C)OC(C)C.CC(C)NCC(OC(C)C)C(OC(C)C)C(OC(C)C)C(COC(C)C)OC(C)C.CC(C)OCC(OC(C)C)C(OC(C)C)C(OC(C)C)C(CN(C)C(C)C)OC(C)C.CC(C)OCC(OC(C)C)C(OC(C)C)C(OC(C)C)C(COC(C)C)OC(C)C.CC(C)OCC(OC(C)C)C(OC(C)C)C(OC(C)C)C(CSC(C)C)OC(C)C.